The van der Waals surface area contributed by atoms with Gasteiger partial charge in [-0.1, -0.05) is 6.92 Å². The number of ketones is 1. The molecule has 2 saturated carbocycles. The van der Waals surface area contributed by atoms with E-state index in [-0.39, 0.29) is 0 Å². The summed E-state index contributed by atoms with van der Waals surface area (Å²) in [4.78, 5) is 11.3. The van der Waals surface area contributed by atoms with Crippen molar-refractivity contribution in [1.29, 1.82) is 0 Å². The van der Waals surface area contributed by atoms with Gasteiger partial charge in [0.15, 0.2) is 0 Å². The van der Waals surface area contributed by atoms with Gasteiger partial charge in [0, 0.05) is 12.3 Å². The van der Waals surface area contributed by atoms with Crippen LogP contribution >= 0.6 is 0 Å². The van der Waals surface area contributed by atoms with Crippen LogP contribution in [0.5, 0.6) is 0 Å². The molecule has 0 N–H and O–H groups in total. The lowest BCUT2D eigenvalue weighted by Crippen LogP contribution is -2.43. The molecule has 0 aromatic carbocycles. The van der Waals surface area contributed by atoms with Gasteiger partial charge in [-0.3, -0.25) is 4.79 Å². The molecule has 0 spiro atoms. The maximum absolute atomic E-state index is 11.3. The smallest absolute Gasteiger partial charge is 0.136 e. The monoisotopic (exact) mass is 138 g/mol. The molecule has 1 heteroatoms. The first-order chi connectivity index (χ1) is 4.79. The van der Waals surface area contributed by atoms with Crippen LogP contribution in [-0.4, -0.2) is 5.78 Å². The molecule has 2 rings (SSSR count). The van der Waals surface area contributed by atoms with E-state index < -0.39 is 0 Å². The molecular weight excluding hydrogens is 124 g/mol. The van der Waals surface area contributed by atoms with Crippen LogP contribution in [0.2, 0.25) is 0 Å². The molecule has 0 amide bonds. The molecule has 3 unspecified atom stereocenters. The predicted octanol–water partition coefficient (Wildman–Crippen LogP) is 2.01. The average Bonchev–Trinajstić information content (AvgIpc) is 1.85. The van der Waals surface area contributed by atoms with Gasteiger partial charge in [0.1, 0.15) is 5.78 Å². The molecule has 0 aromatic heterocycles. The van der Waals surface area contributed by atoms with E-state index in [1.807, 2.05) is 0 Å². The van der Waals surface area contributed by atoms with Gasteiger partial charge in [-0.05, 0) is 31.1 Å². The Balaban J connectivity index is 2.08. The second-order valence-electron chi connectivity index (χ2n) is 3.86. The lowest BCUT2D eigenvalue weighted by Gasteiger charge is -2.45. The molecule has 0 heterocycles. The van der Waals surface area contributed by atoms with E-state index in [9.17, 15) is 4.79 Å². The molecule has 2 aliphatic carbocycles. The fraction of sp³-hybridized carbons (Fsp3) is 0.889. The third-order valence-corrected chi connectivity index (χ3v) is 3.17. The van der Waals surface area contributed by atoms with E-state index in [0.29, 0.717) is 17.6 Å². The van der Waals surface area contributed by atoms with Crippen molar-refractivity contribution in [2.45, 2.75) is 32.6 Å². The van der Waals surface area contributed by atoms with Crippen molar-refractivity contribution in [1.82, 2.24) is 0 Å². The van der Waals surface area contributed by atoms with E-state index in [4.69, 9.17) is 0 Å². The SMILES string of the molecule is CC1CC2CCCC(=O)C12. The average molecular weight is 138 g/mol. The molecule has 2 aliphatic rings. The first kappa shape index (κ1) is 6.38. The number of carbonyl (C=O) groups excluding carboxylic acids is 1. The molecule has 10 heavy (non-hydrogen) atoms. The second kappa shape index (κ2) is 2.08. The van der Waals surface area contributed by atoms with Crippen LogP contribution in [0.4, 0.5) is 0 Å². The third kappa shape index (κ3) is 0.727. The molecule has 2 fully saturated rings. The van der Waals surface area contributed by atoms with E-state index >= 15 is 0 Å². The maximum Gasteiger partial charge on any atom is 0.136 e. The molecule has 0 aliphatic heterocycles. The van der Waals surface area contributed by atoms with Crippen LogP contribution in [0.1, 0.15) is 32.6 Å². The highest BCUT2D eigenvalue weighted by atomic mass is 16.1. The molecule has 0 bridgehead atoms. The minimum Gasteiger partial charge on any atom is -0.299 e. The Morgan fingerprint density at radius 1 is 1.50 bits per heavy atom. The van der Waals surface area contributed by atoms with Crippen LogP contribution in [0, 0.1) is 17.8 Å². The van der Waals surface area contributed by atoms with Crippen molar-refractivity contribution >= 4 is 5.78 Å². The summed E-state index contributed by atoms with van der Waals surface area (Å²) in [6, 6.07) is 0. The Morgan fingerprint density at radius 2 is 2.30 bits per heavy atom. The van der Waals surface area contributed by atoms with Crippen LogP contribution < -0.4 is 0 Å². The summed E-state index contributed by atoms with van der Waals surface area (Å²) in [7, 11) is 0. The van der Waals surface area contributed by atoms with Gasteiger partial charge in [0.05, 0.1) is 0 Å². The summed E-state index contributed by atoms with van der Waals surface area (Å²) in [5.74, 6) is 2.53. The number of rotatable bonds is 0. The molecular formula is C9H14O. The Morgan fingerprint density at radius 3 is 2.80 bits per heavy atom. The van der Waals surface area contributed by atoms with Crippen molar-refractivity contribution in [3.05, 3.63) is 0 Å². The summed E-state index contributed by atoms with van der Waals surface area (Å²) >= 11 is 0. The Bertz CT molecular complexity index is 160. The highest BCUT2D eigenvalue weighted by Crippen LogP contribution is 2.46. The summed E-state index contributed by atoms with van der Waals surface area (Å²) in [6.07, 6.45) is 4.66. The van der Waals surface area contributed by atoms with Crippen LogP contribution in [0.25, 0.3) is 0 Å². The number of Topliss-reactive ketones (excluding diaryl/α,β-unsaturated/α-hetero) is 1. The summed E-state index contributed by atoms with van der Waals surface area (Å²) in [5.41, 5.74) is 0. The zero-order valence-electron chi connectivity index (χ0n) is 6.47. The first-order valence-corrected chi connectivity index (χ1v) is 4.32. The van der Waals surface area contributed by atoms with Gasteiger partial charge in [0.2, 0.25) is 0 Å². The van der Waals surface area contributed by atoms with Gasteiger partial charge in [-0.25, -0.2) is 0 Å². The molecule has 0 saturated heterocycles. The van der Waals surface area contributed by atoms with E-state index in [2.05, 4.69) is 6.92 Å². The normalized spacial score (nSPS) is 46.1. The van der Waals surface area contributed by atoms with Gasteiger partial charge < -0.3 is 0 Å². The predicted molar refractivity (Wildman–Crippen MR) is 39.6 cm³/mol. The Labute approximate surface area is 61.8 Å². The fourth-order valence-electron chi connectivity index (χ4n) is 2.62. The highest BCUT2D eigenvalue weighted by Gasteiger charge is 2.43. The van der Waals surface area contributed by atoms with Crippen LogP contribution in [0.3, 0.4) is 0 Å². The standard InChI is InChI=1S/C9H14O/c1-6-5-7-3-2-4-8(10)9(6)7/h6-7,9H,2-5H2,1H3. The van der Waals surface area contributed by atoms with Crippen molar-refractivity contribution in [3.63, 3.8) is 0 Å². The van der Waals surface area contributed by atoms with Crippen molar-refractivity contribution in [3.8, 4) is 0 Å². The zero-order chi connectivity index (χ0) is 7.14. The lowest BCUT2D eigenvalue weighted by molar-refractivity contribution is -0.135. The second-order valence-corrected chi connectivity index (χ2v) is 3.86. The van der Waals surface area contributed by atoms with E-state index in [1.165, 1.54) is 12.8 Å². The van der Waals surface area contributed by atoms with Gasteiger partial charge >= 0.3 is 0 Å². The molecule has 1 nitrogen and oxygen atoms in total. The van der Waals surface area contributed by atoms with Crippen molar-refractivity contribution < 1.29 is 4.79 Å². The summed E-state index contributed by atoms with van der Waals surface area (Å²) in [6.45, 7) is 2.21. The summed E-state index contributed by atoms with van der Waals surface area (Å²) in [5, 5.41) is 0. The molecule has 3 atom stereocenters. The third-order valence-electron chi connectivity index (χ3n) is 3.17. The number of fused-ring (bicyclic) bond motifs is 1. The van der Waals surface area contributed by atoms with E-state index in [1.54, 1.807) is 0 Å². The van der Waals surface area contributed by atoms with Gasteiger partial charge in [-0.15, -0.1) is 0 Å². The molecule has 0 aromatic rings. The largest absolute Gasteiger partial charge is 0.299 e. The highest BCUT2D eigenvalue weighted by molar-refractivity contribution is 5.83. The van der Waals surface area contributed by atoms with E-state index in [0.717, 1.165) is 18.8 Å². The quantitative estimate of drug-likeness (QED) is 0.500. The topological polar surface area (TPSA) is 17.1 Å². The first-order valence-electron chi connectivity index (χ1n) is 4.32. The molecule has 56 valence electrons. The number of hydrogen-bond acceptors (Lipinski definition) is 1. The molecule has 0 radical (unpaired) electrons. The zero-order valence-corrected chi connectivity index (χ0v) is 6.47. The van der Waals surface area contributed by atoms with Gasteiger partial charge in [0.25, 0.3) is 0 Å². The van der Waals surface area contributed by atoms with Gasteiger partial charge in [-0.2, -0.15) is 0 Å². The summed E-state index contributed by atoms with van der Waals surface area (Å²) < 4.78 is 0. The Kier molecular flexibility index (Phi) is 1.33. The lowest BCUT2D eigenvalue weighted by atomic mass is 9.59. The number of carbonyl (C=O) groups is 1. The van der Waals surface area contributed by atoms with Crippen molar-refractivity contribution in [2.24, 2.45) is 17.8 Å². The minimum absolute atomic E-state index is 0.480. The van der Waals surface area contributed by atoms with Crippen LogP contribution in [0.15, 0.2) is 0 Å². The maximum atomic E-state index is 11.3. The Hall–Kier alpha value is -0.330. The fourth-order valence-corrected chi connectivity index (χ4v) is 2.62. The number of hydrogen-bond donors (Lipinski definition) is 0. The van der Waals surface area contributed by atoms with Crippen LogP contribution in [-0.2, 0) is 4.79 Å². The minimum atomic E-state index is 0.480. The van der Waals surface area contributed by atoms with Crippen molar-refractivity contribution in [2.75, 3.05) is 0 Å².